The van der Waals surface area contributed by atoms with Crippen LogP contribution >= 0.6 is 0 Å². The van der Waals surface area contributed by atoms with Gasteiger partial charge in [-0.15, -0.1) is 0 Å². The second-order valence-corrected chi connectivity index (χ2v) is 3.19. The third-order valence-corrected chi connectivity index (χ3v) is 1.94. The van der Waals surface area contributed by atoms with E-state index in [0.717, 1.165) is 6.42 Å². The minimum atomic E-state index is 0.532. The molecule has 0 aliphatic carbocycles. The third-order valence-electron chi connectivity index (χ3n) is 1.94. The highest BCUT2D eigenvalue weighted by atomic mass is 14.7. The Balaban J connectivity index is 4.34. The lowest BCUT2D eigenvalue weighted by Gasteiger charge is -2.01. The fraction of sp³-hybridized carbons (Fsp3) is 0.545. The van der Waals surface area contributed by atoms with E-state index in [9.17, 15) is 0 Å². The summed E-state index contributed by atoms with van der Waals surface area (Å²) in [5.41, 5.74) is 2.36. The van der Waals surface area contributed by atoms with E-state index in [1.54, 1.807) is 0 Å². The maximum Gasteiger partial charge on any atom is 0.0298 e. The molecule has 68 valence electrons. The second kappa shape index (κ2) is 5.76. The van der Waals surface area contributed by atoms with Gasteiger partial charge in [-0.25, -0.2) is 0 Å². The molecule has 0 aliphatic rings. The van der Waals surface area contributed by atoms with Gasteiger partial charge in [0.1, 0.15) is 0 Å². The van der Waals surface area contributed by atoms with E-state index in [2.05, 4.69) is 39.3 Å². The maximum atomic E-state index is 4.35. The molecule has 0 heterocycles. The maximum absolute atomic E-state index is 4.35. The summed E-state index contributed by atoms with van der Waals surface area (Å²) in [7, 11) is 0. The van der Waals surface area contributed by atoms with Crippen molar-refractivity contribution >= 4 is 5.71 Å². The van der Waals surface area contributed by atoms with Crippen LogP contribution in [0.3, 0.4) is 0 Å². The zero-order valence-corrected chi connectivity index (χ0v) is 8.59. The summed E-state index contributed by atoms with van der Waals surface area (Å²) < 4.78 is 0. The van der Waals surface area contributed by atoms with Crippen molar-refractivity contribution in [1.82, 2.24) is 0 Å². The molecule has 1 nitrogen and oxygen atoms in total. The highest BCUT2D eigenvalue weighted by Crippen LogP contribution is 2.03. The van der Waals surface area contributed by atoms with Crippen molar-refractivity contribution in [3.8, 4) is 0 Å². The van der Waals surface area contributed by atoms with Crippen molar-refractivity contribution in [3.63, 3.8) is 0 Å². The predicted molar refractivity (Wildman–Crippen MR) is 56.5 cm³/mol. The van der Waals surface area contributed by atoms with Gasteiger partial charge < -0.3 is 0 Å². The van der Waals surface area contributed by atoms with E-state index < -0.39 is 0 Å². The lowest BCUT2D eigenvalue weighted by molar-refractivity contribution is 0.877. The lowest BCUT2D eigenvalue weighted by atomic mass is 10.1. The molecular weight excluding hydrogens is 146 g/mol. The average Bonchev–Trinajstić information content (AvgIpc) is 2.05. The first-order valence-electron chi connectivity index (χ1n) is 4.47. The number of hydrogen-bond acceptors (Lipinski definition) is 1. The molecule has 12 heavy (non-hydrogen) atoms. The van der Waals surface area contributed by atoms with Crippen LogP contribution in [0.25, 0.3) is 0 Å². The van der Waals surface area contributed by atoms with E-state index in [1.807, 2.05) is 12.3 Å². The van der Waals surface area contributed by atoms with Gasteiger partial charge in [0.15, 0.2) is 0 Å². The Morgan fingerprint density at radius 2 is 2.08 bits per heavy atom. The highest BCUT2D eigenvalue weighted by molar-refractivity contribution is 5.84. The molecule has 0 saturated carbocycles. The van der Waals surface area contributed by atoms with Crippen molar-refractivity contribution < 1.29 is 0 Å². The number of aliphatic imine (C=N–C) groups is 1. The van der Waals surface area contributed by atoms with Gasteiger partial charge in [0.05, 0.1) is 0 Å². The van der Waals surface area contributed by atoms with Crippen molar-refractivity contribution in [2.75, 3.05) is 0 Å². The first kappa shape index (κ1) is 11.2. The molecule has 0 aliphatic heterocycles. The summed E-state index contributed by atoms with van der Waals surface area (Å²) in [6.07, 6.45) is 4.76. The Hall–Kier alpha value is -0.850. The van der Waals surface area contributed by atoms with Gasteiger partial charge in [0.2, 0.25) is 0 Å². The number of hydrogen-bond donors (Lipinski definition) is 0. The molecule has 0 unspecified atom stereocenters. The van der Waals surface area contributed by atoms with E-state index in [-0.39, 0.29) is 0 Å². The average molecular weight is 165 g/mol. The van der Waals surface area contributed by atoms with Crippen LogP contribution in [0.2, 0.25) is 0 Å². The SMILES string of the molecule is C=C/C(=C\N=C(C)C(C)C)CC. The minimum Gasteiger partial charge on any atom is -0.265 e. The van der Waals surface area contributed by atoms with Gasteiger partial charge in [-0.1, -0.05) is 33.4 Å². The highest BCUT2D eigenvalue weighted by Gasteiger charge is 1.95. The standard InChI is InChI=1S/C11H19N/c1-6-11(7-2)8-12-10(5)9(3)4/h6,8-9H,1,7H2,2-5H3/b11-8+,12-10?. The van der Waals surface area contributed by atoms with Gasteiger partial charge in [-0.3, -0.25) is 4.99 Å². The van der Waals surface area contributed by atoms with Gasteiger partial charge in [0.25, 0.3) is 0 Å². The topological polar surface area (TPSA) is 12.4 Å². The summed E-state index contributed by atoms with van der Waals surface area (Å²) in [6.45, 7) is 12.2. The zero-order chi connectivity index (χ0) is 9.56. The first-order valence-corrected chi connectivity index (χ1v) is 4.47. The van der Waals surface area contributed by atoms with Crippen LogP contribution in [0.4, 0.5) is 0 Å². The molecular formula is C11H19N. The fourth-order valence-electron chi connectivity index (χ4n) is 0.622. The predicted octanol–water partition coefficient (Wildman–Crippen LogP) is 3.58. The second-order valence-electron chi connectivity index (χ2n) is 3.19. The molecule has 0 rings (SSSR count). The molecule has 0 atom stereocenters. The summed E-state index contributed by atoms with van der Waals surface area (Å²) in [6, 6.07) is 0. The van der Waals surface area contributed by atoms with Crippen LogP contribution in [0.5, 0.6) is 0 Å². The largest absolute Gasteiger partial charge is 0.265 e. The Bertz CT molecular complexity index is 197. The van der Waals surface area contributed by atoms with Crippen LogP contribution < -0.4 is 0 Å². The van der Waals surface area contributed by atoms with Gasteiger partial charge in [-0.05, 0) is 24.8 Å². The quantitative estimate of drug-likeness (QED) is 0.446. The van der Waals surface area contributed by atoms with Crippen LogP contribution in [0, 0.1) is 5.92 Å². The van der Waals surface area contributed by atoms with E-state index in [0.29, 0.717) is 5.92 Å². The molecule has 0 radical (unpaired) electrons. The van der Waals surface area contributed by atoms with Gasteiger partial charge >= 0.3 is 0 Å². The lowest BCUT2D eigenvalue weighted by Crippen LogP contribution is -2.00. The molecule has 0 aromatic heterocycles. The summed E-state index contributed by atoms with van der Waals surface area (Å²) in [5.74, 6) is 0.532. The monoisotopic (exact) mass is 165 g/mol. The van der Waals surface area contributed by atoms with E-state index in [4.69, 9.17) is 0 Å². The van der Waals surface area contributed by atoms with Crippen LogP contribution in [-0.2, 0) is 0 Å². The van der Waals surface area contributed by atoms with Gasteiger partial charge in [-0.2, -0.15) is 0 Å². The Morgan fingerprint density at radius 1 is 1.50 bits per heavy atom. The molecule has 0 spiro atoms. The molecule has 1 heteroatoms. The van der Waals surface area contributed by atoms with Gasteiger partial charge in [0, 0.05) is 11.9 Å². The smallest absolute Gasteiger partial charge is 0.0298 e. The van der Waals surface area contributed by atoms with E-state index in [1.165, 1.54) is 11.3 Å². The van der Waals surface area contributed by atoms with Crippen LogP contribution in [0.1, 0.15) is 34.1 Å². The Labute approximate surface area is 75.9 Å². The molecule has 0 fully saturated rings. The van der Waals surface area contributed by atoms with Crippen molar-refractivity contribution in [1.29, 1.82) is 0 Å². The summed E-state index contributed by atoms with van der Waals surface area (Å²) in [5, 5.41) is 0. The Kier molecular flexibility index (Phi) is 5.35. The normalized spacial score (nSPS) is 13.8. The van der Waals surface area contributed by atoms with E-state index >= 15 is 0 Å². The molecule has 0 aromatic carbocycles. The number of nitrogens with zero attached hydrogens (tertiary/aromatic N) is 1. The summed E-state index contributed by atoms with van der Waals surface area (Å²) >= 11 is 0. The Morgan fingerprint density at radius 3 is 2.42 bits per heavy atom. The molecule has 0 saturated heterocycles. The molecule has 0 aromatic rings. The third kappa shape index (κ3) is 4.12. The first-order chi connectivity index (χ1) is 5.61. The van der Waals surface area contributed by atoms with Crippen LogP contribution in [0.15, 0.2) is 29.4 Å². The zero-order valence-electron chi connectivity index (χ0n) is 8.59. The fourth-order valence-corrected chi connectivity index (χ4v) is 0.622. The number of allylic oxidation sites excluding steroid dienone is 2. The number of rotatable bonds is 4. The molecule has 0 N–H and O–H groups in total. The van der Waals surface area contributed by atoms with Crippen molar-refractivity contribution in [2.45, 2.75) is 34.1 Å². The van der Waals surface area contributed by atoms with Crippen molar-refractivity contribution in [3.05, 3.63) is 24.4 Å². The molecule has 0 bridgehead atoms. The van der Waals surface area contributed by atoms with Crippen LogP contribution in [-0.4, -0.2) is 5.71 Å². The summed E-state index contributed by atoms with van der Waals surface area (Å²) in [4.78, 5) is 4.35. The molecule has 0 amide bonds. The minimum absolute atomic E-state index is 0.532. The van der Waals surface area contributed by atoms with Crippen molar-refractivity contribution in [2.24, 2.45) is 10.9 Å².